The number of anilines is 1. The third-order valence-corrected chi connectivity index (χ3v) is 3.52. The molecule has 1 atom stereocenters. The second kappa shape index (κ2) is 6.80. The minimum absolute atomic E-state index is 0.611. The zero-order chi connectivity index (χ0) is 13.7. The van der Waals surface area contributed by atoms with E-state index in [1.54, 1.807) is 0 Å². The Morgan fingerprint density at radius 2 is 2.05 bits per heavy atom. The summed E-state index contributed by atoms with van der Waals surface area (Å²) in [7, 11) is 0. The van der Waals surface area contributed by atoms with E-state index in [0.29, 0.717) is 6.04 Å². The number of benzene rings is 1. The molecule has 0 aromatic heterocycles. The first-order valence-corrected chi connectivity index (χ1v) is 7.40. The van der Waals surface area contributed by atoms with Gasteiger partial charge in [-0.3, -0.25) is 0 Å². The number of hydrogen-bond donors (Lipinski definition) is 1. The molecule has 0 saturated carbocycles. The zero-order valence-corrected chi connectivity index (χ0v) is 12.4. The van der Waals surface area contributed by atoms with E-state index in [1.807, 2.05) is 6.92 Å². The summed E-state index contributed by atoms with van der Waals surface area (Å²) in [4.78, 5) is 2.47. The van der Waals surface area contributed by atoms with Crippen molar-refractivity contribution in [3.05, 3.63) is 24.3 Å². The molecule has 106 valence electrons. The van der Waals surface area contributed by atoms with Crippen molar-refractivity contribution in [1.29, 1.82) is 0 Å². The maximum Gasteiger partial charge on any atom is 0.119 e. The first-order valence-electron chi connectivity index (χ1n) is 7.40. The molecule has 19 heavy (non-hydrogen) atoms. The van der Waals surface area contributed by atoms with Gasteiger partial charge in [0.1, 0.15) is 5.75 Å². The van der Waals surface area contributed by atoms with Gasteiger partial charge in [-0.15, -0.1) is 0 Å². The monoisotopic (exact) mass is 262 g/mol. The molecule has 1 aromatic rings. The molecule has 0 radical (unpaired) electrons. The van der Waals surface area contributed by atoms with Gasteiger partial charge in [0.2, 0.25) is 0 Å². The van der Waals surface area contributed by atoms with Gasteiger partial charge >= 0.3 is 0 Å². The summed E-state index contributed by atoms with van der Waals surface area (Å²) < 4.78 is 5.49. The molecular weight excluding hydrogens is 236 g/mol. The number of rotatable bonds is 5. The van der Waals surface area contributed by atoms with Gasteiger partial charge in [-0.05, 0) is 43.5 Å². The fourth-order valence-corrected chi connectivity index (χ4v) is 2.71. The minimum atomic E-state index is 0.611. The van der Waals surface area contributed by atoms with Crippen LogP contribution in [0.1, 0.15) is 27.2 Å². The smallest absolute Gasteiger partial charge is 0.119 e. The van der Waals surface area contributed by atoms with E-state index < -0.39 is 0 Å². The highest BCUT2D eigenvalue weighted by Crippen LogP contribution is 2.21. The van der Waals surface area contributed by atoms with Crippen LogP contribution in [-0.2, 0) is 0 Å². The molecule has 1 aliphatic rings. The van der Waals surface area contributed by atoms with Crippen LogP contribution in [0.25, 0.3) is 0 Å². The number of nitrogens with one attached hydrogen (secondary N) is 1. The van der Waals surface area contributed by atoms with E-state index >= 15 is 0 Å². The summed E-state index contributed by atoms with van der Waals surface area (Å²) in [6.45, 7) is 10.6. The van der Waals surface area contributed by atoms with Crippen LogP contribution in [0.5, 0.6) is 5.75 Å². The van der Waals surface area contributed by atoms with Gasteiger partial charge in [-0.25, -0.2) is 0 Å². The predicted octanol–water partition coefficient (Wildman–Crippen LogP) is 2.91. The molecule has 0 aliphatic carbocycles. The van der Waals surface area contributed by atoms with E-state index in [-0.39, 0.29) is 0 Å². The quantitative estimate of drug-likeness (QED) is 0.883. The van der Waals surface area contributed by atoms with Gasteiger partial charge in [0, 0.05) is 31.4 Å². The van der Waals surface area contributed by atoms with Crippen LogP contribution in [0, 0.1) is 5.92 Å². The first-order chi connectivity index (χ1) is 9.19. The number of nitrogens with zero attached hydrogens (tertiary/aromatic N) is 1. The van der Waals surface area contributed by atoms with E-state index in [9.17, 15) is 0 Å². The van der Waals surface area contributed by atoms with Crippen molar-refractivity contribution < 1.29 is 4.74 Å². The minimum Gasteiger partial charge on any atom is -0.494 e. The zero-order valence-electron chi connectivity index (χ0n) is 12.4. The van der Waals surface area contributed by atoms with Crippen LogP contribution in [0.15, 0.2) is 24.3 Å². The molecule has 3 heteroatoms. The van der Waals surface area contributed by atoms with Crippen LogP contribution in [0.3, 0.4) is 0 Å². The normalized spacial score (nSPS) is 19.8. The second-order valence-electron chi connectivity index (χ2n) is 5.65. The summed E-state index contributed by atoms with van der Waals surface area (Å²) in [5.74, 6) is 1.71. The Morgan fingerprint density at radius 1 is 1.32 bits per heavy atom. The Balaban J connectivity index is 1.96. The maximum atomic E-state index is 5.49. The molecule has 1 unspecified atom stereocenters. The standard InChI is InChI=1S/C16H26N2O/c1-4-19-16-7-5-15(6-8-16)18-10-9-17-14(12-18)11-13(2)3/h5-8,13-14,17H,4,9-12H2,1-3H3. The summed E-state index contributed by atoms with van der Waals surface area (Å²) in [5, 5.41) is 3.62. The van der Waals surface area contributed by atoms with Crippen LogP contribution in [0.4, 0.5) is 5.69 Å². The number of hydrogen-bond acceptors (Lipinski definition) is 3. The topological polar surface area (TPSA) is 24.5 Å². The van der Waals surface area contributed by atoms with Gasteiger partial charge in [0.15, 0.2) is 0 Å². The van der Waals surface area contributed by atoms with Crippen LogP contribution < -0.4 is 15.0 Å². The molecule has 1 N–H and O–H groups in total. The lowest BCUT2D eigenvalue weighted by Crippen LogP contribution is -2.51. The largest absolute Gasteiger partial charge is 0.494 e. The Kier molecular flexibility index (Phi) is 5.08. The SMILES string of the molecule is CCOc1ccc(N2CCNC(CC(C)C)C2)cc1. The van der Waals surface area contributed by atoms with Crippen molar-refractivity contribution in [1.82, 2.24) is 5.32 Å². The fraction of sp³-hybridized carbons (Fsp3) is 0.625. The molecular formula is C16H26N2O. The van der Waals surface area contributed by atoms with Gasteiger partial charge in [-0.2, -0.15) is 0 Å². The van der Waals surface area contributed by atoms with Crippen molar-refractivity contribution in [2.45, 2.75) is 33.2 Å². The van der Waals surface area contributed by atoms with Gasteiger partial charge < -0.3 is 15.0 Å². The molecule has 3 nitrogen and oxygen atoms in total. The molecule has 1 fully saturated rings. The highest BCUT2D eigenvalue weighted by Gasteiger charge is 2.20. The van der Waals surface area contributed by atoms with Crippen molar-refractivity contribution in [3.8, 4) is 5.75 Å². The average molecular weight is 262 g/mol. The lowest BCUT2D eigenvalue weighted by molar-refractivity contribution is 0.340. The average Bonchev–Trinajstić information content (AvgIpc) is 2.39. The van der Waals surface area contributed by atoms with E-state index in [1.165, 1.54) is 12.1 Å². The Hall–Kier alpha value is -1.22. The van der Waals surface area contributed by atoms with Gasteiger partial charge in [-0.1, -0.05) is 13.8 Å². The maximum absolute atomic E-state index is 5.49. The first kappa shape index (κ1) is 14.2. The van der Waals surface area contributed by atoms with Crippen LogP contribution in [-0.4, -0.2) is 32.3 Å². The summed E-state index contributed by atoms with van der Waals surface area (Å²) in [5.41, 5.74) is 1.30. The lowest BCUT2D eigenvalue weighted by Gasteiger charge is -2.36. The Morgan fingerprint density at radius 3 is 2.68 bits per heavy atom. The molecule has 0 amide bonds. The lowest BCUT2D eigenvalue weighted by atomic mass is 10.0. The molecule has 1 aliphatic heterocycles. The highest BCUT2D eigenvalue weighted by molar-refractivity contribution is 5.49. The van der Waals surface area contributed by atoms with E-state index in [4.69, 9.17) is 4.74 Å². The molecule has 1 heterocycles. The van der Waals surface area contributed by atoms with Crippen molar-refractivity contribution in [3.63, 3.8) is 0 Å². The van der Waals surface area contributed by atoms with Crippen LogP contribution >= 0.6 is 0 Å². The Labute approximate surface area is 116 Å². The highest BCUT2D eigenvalue weighted by atomic mass is 16.5. The number of piperazine rings is 1. The molecule has 0 spiro atoms. The van der Waals surface area contributed by atoms with Crippen molar-refractivity contribution in [2.75, 3.05) is 31.1 Å². The molecule has 1 saturated heterocycles. The Bertz CT molecular complexity index is 375. The summed E-state index contributed by atoms with van der Waals surface area (Å²) >= 11 is 0. The van der Waals surface area contributed by atoms with Crippen LogP contribution in [0.2, 0.25) is 0 Å². The van der Waals surface area contributed by atoms with Gasteiger partial charge in [0.25, 0.3) is 0 Å². The second-order valence-corrected chi connectivity index (χ2v) is 5.65. The van der Waals surface area contributed by atoms with E-state index in [2.05, 4.69) is 48.3 Å². The summed E-state index contributed by atoms with van der Waals surface area (Å²) in [6, 6.07) is 9.09. The molecule has 2 rings (SSSR count). The third-order valence-electron chi connectivity index (χ3n) is 3.52. The van der Waals surface area contributed by atoms with E-state index in [0.717, 1.165) is 37.9 Å². The number of ether oxygens (including phenoxy) is 1. The predicted molar refractivity (Wildman–Crippen MR) is 81.1 cm³/mol. The van der Waals surface area contributed by atoms with Crippen molar-refractivity contribution >= 4 is 5.69 Å². The molecule has 0 bridgehead atoms. The summed E-state index contributed by atoms with van der Waals surface area (Å²) in [6.07, 6.45) is 1.24. The van der Waals surface area contributed by atoms with Gasteiger partial charge in [0.05, 0.1) is 6.61 Å². The van der Waals surface area contributed by atoms with Crippen molar-refractivity contribution in [2.24, 2.45) is 5.92 Å². The third kappa shape index (κ3) is 4.13. The molecule has 1 aromatic carbocycles. The fourth-order valence-electron chi connectivity index (χ4n) is 2.71.